The van der Waals surface area contributed by atoms with Crippen molar-refractivity contribution in [1.29, 1.82) is 0 Å². The molecular formula is C28H48O3. The number of hydrogen-bond acceptors (Lipinski definition) is 3. The van der Waals surface area contributed by atoms with Gasteiger partial charge in [-0.05, 0) is 87.9 Å². The Labute approximate surface area is 191 Å². The summed E-state index contributed by atoms with van der Waals surface area (Å²) < 4.78 is 6.31. The standard InChI is InChI=1S/C28H48O3/c1-7-22(10-9-21-17-25(29)28(14-15-28)26(30)18-21)24-12-11-23(27(24,6)8-2)20(5)31-16-13-19(3)4/h9-10,19-20,23-26,29-30H,7-8,11-18H2,1-6H3. The summed E-state index contributed by atoms with van der Waals surface area (Å²) in [6.45, 7) is 14.8. The van der Waals surface area contributed by atoms with Gasteiger partial charge in [0.25, 0.3) is 0 Å². The summed E-state index contributed by atoms with van der Waals surface area (Å²) in [5, 5.41) is 21.1. The number of rotatable bonds is 9. The van der Waals surface area contributed by atoms with Crippen molar-refractivity contribution in [2.24, 2.45) is 28.6 Å². The molecule has 6 atom stereocenters. The van der Waals surface area contributed by atoms with Crippen molar-refractivity contribution in [1.82, 2.24) is 0 Å². The topological polar surface area (TPSA) is 49.7 Å². The van der Waals surface area contributed by atoms with E-state index in [-0.39, 0.29) is 23.0 Å². The largest absolute Gasteiger partial charge is 0.392 e. The number of aliphatic hydroxyl groups is 2. The summed E-state index contributed by atoms with van der Waals surface area (Å²) in [4.78, 5) is 0. The first kappa shape index (κ1) is 25.0. The van der Waals surface area contributed by atoms with E-state index >= 15 is 0 Å². The maximum absolute atomic E-state index is 10.6. The molecule has 3 aliphatic carbocycles. The van der Waals surface area contributed by atoms with E-state index in [0.717, 1.165) is 45.1 Å². The lowest BCUT2D eigenvalue weighted by Gasteiger charge is -2.40. The molecule has 3 rings (SSSR count). The summed E-state index contributed by atoms with van der Waals surface area (Å²) in [5.41, 5.74) is 2.83. The van der Waals surface area contributed by atoms with Gasteiger partial charge in [0.1, 0.15) is 0 Å². The first-order valence-electron chi connectivity index (χ1n) is 13.0. The molecule has 3 saturated carbocycles. The van der Waals surface area contributed by atoms with Gasteiger partial charge in [-0.2, -0.15) is 0 Å². The van der Waals surface area contributed by atoms with Crippen LogP contribution in [0.5, 0.6) is 0 Å². The third kappa shape index (κ3) is 5.14. The highest BCUT2D eigenvalue weighted by molar-refractivity contribution is 5.27. The third-order valence-electron chi connectivity index (χ3n) is 9.27. The van der Waals surface area contributed by atoms with Crippen molar-refractivity contribution in [3.63, 3.8) is 0 Å². The molecule has 3 aliphatic rings. The average Bonchev–Trinajstić information content (AvgIpc) is 3.46. The molecule has 1 spiro atoms. The van der Waals surface area contributed by atoms with Gasteiger partial charge in [0.05, 0.1) is 18.3 Å². The van der Waals surface area contributed by atoms with Gasteiger partial charge in [0.15, 0.2) is 0 Å². The molecule has 2 N–H and O–H groups in total. The molecule has 3 fully saturated rings. The Morgan fingerprint density at radius 2 is 1.74 bits per heavy atom. The molecule has 0 saturated heterocycles. The molecule has 0 amide bonds. The average molecular weight is 433 g/mol. The number of ether oxygens (including phenoxy) is 1. The molecule has 0 heterocycles. The van der Waals surface area contributed by atoms with Gasteiger partial charge in [-0.15, -0.1) is 0 Å². The van der Waals surface area contributed by atoms with E-state index in [0.29, 0.717) is 23.9 Å². The second-order valence-electron chi connectivity index (χ2n) is 11.4. The van der Waals surface area contributed by atoms with Gasteiger partial charge in [-0.1, -0.05) is 57.9 Å². The fraction of sp³-hybridized carbons (Fsp3) is 0.857. The fourth-order valence-corrected chi connectivity index (χ4v) is 6.62. The van der Waals surface area contributed by atoms with Crippen molar-refractivity contribution in [2.45, 2.75) is 118 Å². The van der Waals surface area contributed by atoms with Gasteiger partial charge in [0, 0.05) is 12.0 Å². The maximum Gasteiger partial charge on any atom is 0.0658 e. The fourth-order valence-electron chi connectivity index (χ4n) is 6.62. The Hall–Kier alpha value is -0.640. The molecule has 3 heteroatoms. The van der Waals surface area contributed by atoms with Crippen LogP contribution in [-0.2, 0) is 4.74 Å². The van der Waals surface area contributed by atoms with Crippen molar-refractivity contribution >= 4 is 0 Å². The molecular weight excluding hydrogens is 384 g/mol. The third-order valence-corrected chi connectivity index (χ3v) is 9.27. The van der Waals surface area contributed by atoms with E-state index in [9.17, 15) is 10.2 Å². The Balaban J connectivity index is 1.70. The molecule has 0 aromatic heterocycles. The molecule has 0 aromatic rings. The lowest BCUT2D eigenvalue weighted by Crippen LogP contribution is -2.38. The van der Waals surface area contributed by atoms with Crippen molar-refractivity contribution in [2.75, 3.05) is 6.61 Å². The van der Waals surface area contributed by atoms with Crippen molar-refractivity contribution < 1.29 is 14.9 Å². The Bertz CT molecular complexity index is 643. The van der Waals surface area contributed by atoms with Crippen LogP contribution in [0.15, 0.2) is 23.3 Å². The molecule has 0 aromatic carbocycles. The van der Waals surface area contributed by atoms with Crippen molar-refractivity contribution in [3.8, 4) is 0 Å². The molecule has 3 nitrogen and oxygen atoms in total. The van der Waals surface area contributed by atoms with E-state index < -0.39 is 0 Å². The highest BCUT2D eigenvalue weighted by Crippen LogP contribution is 2.57. The zero-order chi connectivity index (χ0) is 22.8. The number of aliphatic hydroxyl groups excluding tert-OH is 2. The monoisotopic (exact) mass is 432 g/mol. The normalized spacial score (nSPS) is 36.3. The van der Waals surface area contributed by atoms with E-state index in [1.165, 1.54) is 30.4 Å². The summed E-state index contributed by atoms with van der Waals surface area (Å²) in [6, 6.07) is 0. The molecule has 178 valence electrons. The quantitative estimate of drug-likeness (QED) is 0.441. The van der Waals surface area contributed by atoms with Crippen LogP contribution < -0.4 is 0 Å². The Kier molecular flexibility index (Phi) is 8.14. The molecule has 31 heavy (non-hydrogen) atoms. The predicted molar refractivity (Wildman–Crippen MR) is 129 cm³/mol. The van der Waals surface area contributed by atoms with E-state index in [2.05, 4.69) is 53.7 Å². The van der Waals surface area contributed by atoms with Crippen LogP contribution in [0.3, 0.4) is 0 Å². The lowest BCUT2D eigenvalue weighted by atomic mass is 9.67. The van der Waals surface area contributed by atoms with Gasteiger partial charge in [-0.3, -0.25) is 0 Å². The summed E-state index contributed by atoms with van der Waals surface area (Å²) in [5.74, 6) is 1.88. The van der Waals surface area contributed by atoms with E-state index in [1.807, 2.05) is 0 Å². The smallest absolute Gasteiger partial charge is 0.0658 e. The maximum atomic E-state index is 10.6. The first-order valence-corrected chi connectivity index (χ1v) is 13.0. The van der Waals surface area contributed by atoms with Gasteiger partial charge >= 0.3 is 0 Å². The van der Waals surface area contributed by atoms with E-state index in [4.69, 9.17) is 4.74 Å². The molecule has 0 bridgehead atoms. The van der Waals surface area contributed by atoms with Crippen LogP contribution in [-0.4, -0.2) is 35.1 Å². The second kappa shape index (κ2) is 10.1. The minimum atomic E-state index is -0.374. The zero-order valence-electron chi connectivity index (χ0n) is 21.0. The van der Waals surface area contributed by atoms with Crippen LogP contribution in [0.1, 0.15) is 99.3 Å². The number of hydrogen-bond donors (Lipinski definition) is 2. The Morgan fingerprint density at radius 1 is 1.10 bits per heavy atom. The summed E-state index contributed by atoms with van der Waals surface area (Å²) >= 11 is 0. The van der Waals surface area contributed by atoms with Crippen LogP contribution in [0, 0.1) is 28.6 Å². The van der Waals surface area contributed by atoms with Crippen LogP contribution in [0.4, 0.5) is 0 Å². The van der Waals surface area contributed by atoms with Gasteiger partial charge in [0.2, 0.25) is 0 Å². The highest BCUT2D eigenvalue weighted by Gasteiger charge is 2.56. The highest BCUT2D eigenvalue weighted by atomic mass is 16.5. The molecule has 0 radical (unpaired) electrons. The zero-order valence-corrected chi connectivity index (χ0v) is 21.0. The van der Waals surface area contributed by atoms with Gasteiger partial charge in [-0.25, -0.2) is 0 Å². The lowest BCUT2D eigenvalue weighted by molar-refractivity contribution is -0.0231. The summed E-state index contributed by atoms with van der Waals surface area (Å²) in [6.07, 6.45) is 13.4. The minimum Gasteiger partial charge on any atom is -0.392 e. The van der Waals surface area contributed by atoms with E-state index in [1.54, 1.807) is 0 Å². The van der Waals surface area contributed by atoms with Crippen LogP contribution in [0.2, 0.25) is 0 Å². The molecule has 6 unspecified atom stereocenters. The molecule has 0 aliphatic heterocycles. The summed E-state index contributed by atoms with van der Waals surface area (Å²) in [7, 11) is 0. The predicted octanol–water partition coefficient (Wildman–Crippen LogP) is 6.44. The van der Waals surface area contributed by atoms with Gasteiger partial charge < -0.3 is 14.9 Å². The SMILES string of the molecule is CCC(=CC=C1CC(O)C2(CC2)C(O)C1)C1CCC(C(C)OCCC(C)C)C1(C)CC. The number of allylic oxidation sites excluding steroid dienone is 3. The van der Waals surface area contributed by atoms with Crippen LogP contribution >= 0.6 is 0 Å². The first-order chi connectivity index (χ1) is 14.7. The van der Waals surface area contributed by atoms with Crippen LogP contribution in [0.25, 0.3) is 0 Å². The second-order valence-corrected chi connectivity index (χ2v) is 11.4. The Morgan fingerprint density at radius 3 is 2.26 bits per heavy atom. The minimum absolute atomic E-state index is 0.181. The van der Waals surface area contributed by atoms with Crippen molar-refractivity contribution in [3.05, 3.63) is 23.3 Å².